The second-order valence-corrected chi connectivity index (χ2v) is 5.75. The lowest BCUT2D eigenvalue weighted by molar-refractivity contribution is -0.149. The lowest BCUT2D eigenvalue weighted by Crippen LogP contribution is -2.46. The fourth-order valence-corrected chi connectivity index (χ4v) is 2.10. The van der Waals surface area contributed by atoms with Crippen molar-refractivity contribution in [1.29, 1.82) is 0 Å². The van der Waals surface area contributed by atoms with Crippen LogP contribution in [0.15, 0.2) is 0 Å². The standard InChI is InChI=1S/C15H25N3O5/c1-10(15(22)23)18(9-8-16-11(2)19)13(20)4-3-7-17-14(21)12-5-6-12/h10,12H,3-9H2,1-2H3,(H,16,19)(H,17,21)(H,22,23). The number of hydrogen-bond acceptors (Lipinski definition) is 4. The SMILES string of the molecule is CC(=O)NCCN(C(=O)CCCNC(=O)C1CC1)C(C)C(=O)O. The number of nitrogens with one attached hydrogen (secondary N) is 2. The van der Waals surface area contributed by atoms with E-state index < -0.39 is 12.0 Å². The van der Waals surface area contributed by atoms with E-state index in [1.807, 2.05) is 0 Å². The molecule has 0 aromatic rings. The van der Waals surface area contributed by atoms with E-state index in [2.05, 4.69) is 10.6 Å². The highest BCUT2D eigenvalue weighted by Crippen LogP contribution is 2.28. The first-order valence-electron chi connectivity index (χ1n) is 7.87. The first-order chi connectivity index (χ1) is 10.8. The summed E-state index contributed by atoms with van der Waals surface area (Å²) in [6.07, 6.45) is 2.47. The molecule has 0 spiro atoms. The molecule has 0 aromatic carbocycles. The minimum Gasteiger partial charge on any atom is -0.480 e. The molecule has 3 amide bonds. The molecule has 1 saturated carbocycles. The van der Waals surface area contributed by atoms with Gasteiger partial charge in [-0.2, -0.15) is 0 Å². The Hall–Kier alpha value is -2.12. The molecule has 23 heavy (non-hydrogen) atoms. The first kappa shape index (κ1) is 18.9. The highest BCUT2D eigenvalue weighted by atomic mass is 16.4. The number of aliphatic carboxylic acids is 1. The monoisotopic (exact) mass is 327 g/mol. The number of nitrogens with zero attached hydrogens (tertiary/aromatic N) is 1. The number of carboxylic acids is 1. The van der Waals surface area contributed by atoms with Gasteiger partial charge in [0.05, 0.1) is 0 Å². The second kappa shape index (κ2) is 9.12. The van der Waals surface area contributed by atoms with Crippen LogP contribution in [0.3, 0.4) is 0 Å². The Kier molecular flexibility index (Phi) is 7.50. The van der Waals surface area contributed by atoms with Crippen LogP contribution in [0.4, 0.5) is 0 Å². The molecule has 1 aliphatic carbocycles. The van der Waals surface area contributed by atoms with Crippen LogP contribution in [-0.4, -0.2) is 59.4 Å². The van der Waals surface area contributed by atoms with E-state index in [1.165, 1.54) is 18.7 Å². The average Bonchev–Trinajstić information content (AvgIpc) is 3.31. The van der Waals surface area contributed by atoms with E-state index in [4.69, 9.17) is 5.11 Å². The van der Waals surface area contributed by atoms with Crippen LogP contribution in [0.5, 0.6) is 0 Å². The van der Waals surface area contributed by atoms with Gasteiger partial charge in [-0.15, -0.1) is 0 Å². The molecule has 8 nitrogen and oxygen atoms in total. The summed E-state index contributed by atoms with van der Waals surface area (Å²) in [6.45, 7) is 3.54. The molecular weight excluding hydrogens is 302 g/mol. The van der Waals surface area contributed by atoms with Gasteiger partial charge in [0.15, 0.2) is 0 Å². The highest BCUT2D eigenvalue weighted by Gasteiger charge is 2.29. The lowest BCUT2D eigenvalue weighted by Gasteiger charge is -2.26. The van der Waals surface area contributed by atoms with Crippen LogP contribution < -0.4 is 10.6 Å². The van der Waals surface area contributed by atoms with E-state index in [0.29, 0.717) is 13.0 Å². The predicted octanol–water partition coefficient (Wildman–Crippen LogP) is -0.269. The van der Waals surface area contributed by atoms with Crippen LogP contribution in [-0.2, 0) is 19.2 Å². The second-order valence-electron chi connectivity index (χ2n) is 5.75. The van der Waals surface area contributed by atoms with Crippen molar-refractivity contribution in [3.05, 3.63) is 0 Å². The molecular formula is C15H25N3O5. The quantitative estimate of drug-likeness (QED) is 0.478. The van der Waals surface area contributed by atoms with E-state index in [-0.39, 0.29) is 43.1 Å². The number of carbonyl (C=O) groups is 4. The molecule has 130 valence electrons. The van der Waals surface area contributed by atoms with Gasteiger partial charge in [-0.3, -0.25) is 14.4 Å². The molecule has 1 rings (SSSR count). The lowest BCUT2D eigenvalue weighted by atomic mass is 10.2. The fraction of sp³-hybridized carbons (Fsp3) is 0.733. The van der Waals surface area contributed by atoms with Gasteiger partial charge >= 0.3 is 5.97 Å². The van der Waals surface area contributed by atoms with Gasteiger partial charge in [0, 0.05) is 38.9 Å². The topological polar surface area (TPSA) is 116 Å². The maximum atomic E-state index is 12.2. The summed E-state index contributed by atoms with van der Waals surface area (Å²) in [7, 11) is 0. The van der Waals surface area contributed by atoms with Gasteiger partial charge in [-0.25, -0.2) is 4.79 Å². The van der Waals surface area contributed by atoms with E-state index >= 15 is 0 Å². The largest absolute Gasteiger partial charge is 0.480 e. The van der Waals surface area contributed by atoms with E-state index in [0.717, 1.165) is 12.8 Å². The molecule has 3 N–H and O–H groups in total. The van der Waals surface area contributed by atoms with Gasteiger partial charge in [0.1, 0.15) is 6.04 Å². The minimum atomic E-state index is -1.09. The minimum absolute atomic E-state index is 0.0267. The van der Waals surface area contributed by atoms with Crippen molar-refractivity contribution >= 4 is 23.7 Å². The van der Waals surface area contributed by atoms with Crippen molar-refractivity contribution in [2.24, 2.45) is 5.92 Å². The van der Waals surface area contributed by atoms with Crippen LogP contribution in [0.1, 0.15) is 39.5 Å². The molecule has 0 saturated heterocycles. The Labute approximate surface area is 135 Å². The maximum Gasteiger partial charge on any atom is 0.326 e. The molecule has 0 heterocycles. The third kappa shape index (κ3) is 7.12. The van der Waals surface area contributed by atoms with Crippen molar-refractivity contribution in [3.8, 4) is 0 Å². The van der Waals surface area contributed by atoms with Gasteiger partial charge in [-0.1, -0.05) is 0 Å². The molecule has 0 bridgehead atoms. The van der Waals surface area contributed by atoms with Gasteiger partial charge < -0.3 is 20.6 Å². The van der Waals surface area contributed by atoms with Crippen molar-refractivity contribution in [2.45, 2.75) is 45.6 Å². The van der Waals surface area contributed by atoms with E-state index in [1.54, 1.807) is 0 Å². The highest BCUT2D eigenvalue weighted by molar-refractivity contribution is 5.83. The zero-order valence-electron chi connectivity index (χ0n) is 13.6. The van der Waals surface area contributed by atoms with Crippen molar-refractivity contribution < 1.29 is 24.3 Å². The third-order valence-electron chi connectivity index (χ3n) is 3.69. The van der Waals surface area contributed by atoms with Gasteiger partial charge in [0.25, 0.3) is 0 Å². The normalized spacial score (nSPS) is 14.7. The number of carbonyl (C=O) groups excluding carboxylic acids is 3. The van der Waals surface area contributed by atoms with Gasteiger partial charge in [-0.05, 0) is 26.2 Å². The zero-order valence-corrected chi connectivity index (χ0v) is 13.6. The molecule has 1 aliphatic rings. The Morgan fingerprint density at radius 3 is 2.35 bits per heavy atom. The zero-order chi connectivity index (χ0) is 17.4. The summed E-state index contributed by atoms with van der Waals surface area (Å²) < 4.78 is 0. The number of amides is 3. The molecule has 1 atom stereocenters. The average molecular weight is 327 g/mol. The Morgan fingerprint density at radius 1 is 1.17 bits per heavy atom. The summed E-state index contributed by atoms with van der Waals surface area (Å²) >= 11 is 0. The Morgan fingerprint density at radius 2 is 1.83 bits per heavy atom. The summed E-state index contributed by atoms with van der Waals surface area (Å²) in [4.78, 5) is 46.9. The predicted molar refractivity (Wildman–Crippen MR) is 82.5 cm³/mol. The van der Waals surface area contributed by atoms with Crippen LogP contribution in [0.25, 0.3) is 0 Å². The fourth-order valence-electron chi connectivity index (χ4n) is 2.10. The maximum absolute atomic E-state index is 12.2. The number of carboxylic acid groups (broad SMARTS) is 1. The first-order valence-corrected chi connectivity index (χ1v) is 7.87. The smallest absolute Gasteiger partial charge is 0.326 e. The molecule has 0 aliphatic heterocycles. The van der Waals surface area contributed by atoms with Crippen molar-refractivity contribution in [2.75, 3.05) is 19.6 Å². The summed E-state index contributed by atoms with van der Waals surface area (Å²) in [5.74, 6) is -1.47. The van der Waals surface area contributed by atoms with Crippen molar-refractivity contribution in [3.63, 3.8) is 0 Å². The Bertz CT molecular complexity index is 462. The molecule has 0 aromatic heterocycles. The van der Waals surface area contributed by atoms with Crippen LogP contribution in [0, 0.1) is 5.92 Å². The molecule has 1 fully saturated rings. The van der Waals surface area contributed by atoms with E-state index in [9.17, 15) is 19.2 Å². The summed E-state index contributed by atoms with van der Waals surface area (Å²) in [5, 5.41) is 14.4. The number of hydrogen-bond donors (Lipinski definition) is 3. The van der Waals surface area contributed by atoms with Crippen LogP contribution in [0.2, 0.25) is 0 Å². The third-order valence-corrected chi connectivity index (χ3v) is 3.69. The van der Waals surface area contributed by atoms with Crippen LogP contribution >= 0.6 is 0 Å². The summed E-state index contributed by atoms with van der Waals surface area (Å²) in [5.41, 5.74) is 0. The van der Waals surface area contributed by atoms with Gasteiger partial charge in [0.2, 0.25) is 17.7 Å². The Balaban J connectivity index is 2.37. The molecule has 1 unspecified atom stereocenters. The molecule has 8 heteroatoms. The molecule has 0 radical (unpaired) electrons. The van der Waals surface area contributed by atoms with Crippen molar-refractivity contribution in [1.82, 2.24) is 15.5 Å². The summed E-state index contributed by atoms with van der Waals surface area (Å²) in [6, 6.07) is -0.961. The number of rotatable bonds is 10.